The molecule has 0 atom stereocenters. The summed E-state index contributed by atoms with van der Waals surface area (Å²) in [5.74, 6) is 0.353. The second-order valence-electron chi connectivity index (χ2n) is 6.63. The number of rotatable bonds is 6. The molecule has 31 heavy (non-hydrogen) atoms. The highest BCUT2D eigenvalue weighted by Gasteiger charge is 2.24. The van der Waals surface area contributed by atoms with Gasteiger partial charge in [0.15, 0.2) is 5.70 Å². The van der Waals surface area contributed by atoms with Crippen molar-refractivity contribution >= 4 is 39.6 Å². The quantitative estimate of drug-likeness (QED) is 0.208. The Balaban J connectivity index is 1.44. The van der Waals surface area contributed by atoms with Gasteiger partial charge in [-0.2, -0.15) is 0 Å². The normalized spacial score (nSPS) is 14.3. The van der Waals surface area contributed by atoms with Gasteiger partial charge in [-0.05, 0) is 53.6 Å². The van der Waals surface area contributed by atoms with Crippen molar-refractivity contribution in [1.82, 2.24) is 0 Å². The molecule has 0 saturated heterocycles. The first-order valence-corrected chi connectivity index (χ1v) is 10.0. The number of nitrogens with zero attached hydrogens (tertiary/aromatic N) is 2. The molecular formula is C23H15BrN2O5. The summed E-state index contributed by atoms with van der Waals surface area (Å²) in [7, 11) is 0. The predicted octanol–water partition coefficient (Wildman–Crippen LogP) is 5.28. The van der Waals surface area contributed by atoms with Crippen LogP contribution >= 0.6 is 15.9 Å². The highest BCUT2D eigenvalue weighted by molar-refractivity contribution is 9.10. The van der Waals surface area contributed by atoms with Crippen LogP contribution in [0, 0.1) is 10.1 Å². The SMILES string of the molecule is O=C1OC(c2ccc(Br)cc2)=N/C1=C\c1ccc(OCc2cccc([N+](=O)[O-])c2)cc1. The molecule has 1 aliphatic rings. The smallest absolute Gasteiger partial charge is 0.363 e. The molecule has 0 fully saturated rings. The van der Waals surface area contributed by atoms with Crippen LogP contribution in [0.1, 0.15) is 16.7 Å². The summed E-state index contributed by atoms with van der Waals surface area (Å²) in [4.78, 5) is 26.9. The number of ether oxygens (including phenoxy) is 2. The van der Waals surface area contributed by atoms with E-state index in [1.165, 1.54) is 12.1 Å². The van der Waals surface area contributed by atoms with Crippen molar-refractivity contribution in [3.63, 3.8) is 0 Å². The van der Waals surface area contributed by atoms with Crippen LogP contribution in [0.15, 0.2) is 88.0 Å². The highest BCUT2D eigenvalue weighted by Crippen LogP contribution is 2.22. The first-order chi connectivity index (χ1) is 15.0. The lowest BCUT2D eigenvalue weighted by molar-refractivity contribution is -0.384. The Labute approximate surface area is 185 Å². The van der Waals surface area contributed by atoms with Crippen molar-refractivity contribution in [2.75, 3.05) is 0 Å². The number of nitro benzene ring substituents is 1. The standard InChI is InChI=1S/C23H15BrN2O5/c24-18-8-6-17(7-9-18)22-25-21(23(27)31-22)13-15-4-10-20(11-5-15)30-14-16-2-1-3-19(12-16)26(28)29/h1-13H,14H2/b21-13-. The molecule has 8 heteroatoms. The predicted molar refractivity (Wildman–Crippen MR) is 119 cm³/mol. The minimum Gasteiger partial charge on any atom is -0.489 e. The van der Waals surface area contributed by atoms with E-state index in [-0.39, 0.29) is 23.9 Å². The van der Waals surface area contributed by atoms with Crippen molar-refractivity contribution < 1.29 is 19.2 Å². The first-order valence-electron chi connectivity index (χ1n) is 9.23. The Bertz CT molecular complexity index is 1200. The molecule has 0 bridgehead atoms. The Hall–Kier alpha value is -3.78. The van der Waals surface area contributed by atoms with E-state index in [0.717, 1.165) is 10.0 Å². The fraction of sp³-hybridized carbons (Fsp3) is 0.0435. The summed E-state index contributed by atoms with van der Waals surface area (Å²) in [6, 6.07) is 20.7. The van der Waals surface area contributed by atoms with Gasteiger partial charge in [-0.3, -0.25) is 10.1 Å². The zero-order chi connectivity index (χ0) is 21.8. The molecule has 0 spiro atoms. The van der Waals surface area contributed by atoms with Crippen LogP contribution in [-0.4, -0.2) is 16.8 Å². The van der Waals surface area contributed by atoms with Gasteiger partial charge in [0.05, 0.1) is 4.92 Å². The summed E-state index contributed by atoms with van der Waals surface area (Å²) in [5, 5.41) is 10.9. The molecule has 3 aromatic carbocycles. The number of non-ortho nitro benzene ring substituents is 1. The Morgan fingerprint density at radius 2 is 1.81 bits per heavy atom. The number of carbonyl (C=O) groups is 1. The number of halogens is 1. The third-order valence-electron chi connectivity index (χ3n) is 4.42. The van der Waals surface area contributed by atoms with Crippen molar-refractivity contribution in [3.8, 4) is 5.75 Å². The van der Waals surface area contributed by atoms with Crippen LogP contribution in [-0.2, 0) is 16.1 Å². The third kappa shape index (κ3) is 5.04. The molecule has 0 aromatic heterocycles. The van der Waals surface area contributed by atoms with Gasteiger partial charge < -0.3 is 9.47 Å². The van der Waals surface area contributed by atoms with Gasteiger partial charge >= 0.3 is 5.97 Å². The fourth-order valence-electron chi connectivity index (χ4n) is 2.87. The molecule has 154 valence electrons. The summed E-state index contributed by atoms with van der Waals surface area (Å²) in [6.07, 6.45) is 1.64. The number of hydrogen-bond acceptors (Lipinski definition) is 6. The van der Waals surface area contributed by atoms with Crippen molar-refractivity contribution in [2.24, 2.45) is 4.99 Å². The highest BCUT2D eigenvalue weighted by atomic mass is 79.9. The van der Waals surface area contributed by atoms with E-state index in [2.05, 4.69) is 20.9 Å². The molecule has 4 rings (SSSR count). The lowest BCUT2D eigenvalue weighted by Gasteiger charge is -2.06. The summed E-state index contributed by atoms with van der Waals surface area (Å²) < 4.78 is 11.9. The molecular weight excluding hydrogens is 464 g/mol. The second kappa shape index (κ2) is 8.93. The number of hydrogen-bond donors (Lipinski definition) is 0. The van der Waals surface area contributed by atoms with Crippen molar-refractivity contribution in [1.29, 1.82) is 0 Å². The molecule has 1 aliphatic heterocycles. The monoisotopic (exact) mass is 478 g/mol. The molecule has 7 nitrogen and oxygen atoms in total. The maximum Gasteiger partial charge on any atom is 0.363 e. The number of cyclic esters (lactones) is 1. The molecule has 0 N–H and O–H groups in total. The number of benzene rings is 3. The topological polar surface area (TPSA) is 91.0 Å². The van der Waals surface area contributed by atoms with Gasteiger partial charge in [-0.1, -0.05) is 40.2 Å². The second-order valence-corrected chi connectivity index (χ2v) is 7.54. The van der Waals surface area contributed by atoms with E-state index in [1.807, 2.05) is 24.3 Å². The van der Waals surface area contributed by atoms with Crippen LogP contribution in [0.25, 0.3) is 6.08 Å². The molecule has 1 heterocycles. The van der Waals surface area contributed by atoms with E-state index in [1.54, 1.807) is 42.5 Å². The van der Waals surface area contributed by atoms with Crippen LogP contribution in [0.5, 0.6) is 5.75 Å². The number of esters is 1. The first kappa shape index (κ1) is 20.5. The van der Waals surface area contributed by atoms with Crippen LogP contribution < -0.4 is 4.74 Å². The van der Waals surface area contributed by atoms with Gasteiger partial charge in [0.25, 0.3) is 5.69 Å². The fourth-order valence-corrected chi connectivity index (χ4v) is 3.13. The summed E-state index contributed by atoms with van der Waals surface area (Å²) in [5.41, 5.74) is 2.40. The average Bonchev–Trinajstić information content (AvgIpc) is 3.14. The van der Waals surface area contributed by atoms with E-state index < -0.39 is 10.9 Å². The van der Waals surface area contributed by atoms with Crippen LogP contribution in [0.4, 0.5) is 5.69 Å². The molecule has 0 radical (unpaired) electrons. The molecule has 3 aromatic rings. The largest absolute Gasteiger partial charge is 0.489 e. The van der Waals surface area contributed by atoms with Crippen LogP contribution in [0.3, 0.4) is 0 Å². The van der Waals surface area contributed by atoms with Crippen molar-refractivity contribution in [2.45, 2.75) is 6.61 Å². The molecule has 0 saturated carbocycles. The van der Waals surface area contributed by atoms with Crippen molar-refractivity contribution in [3.05, 3.63) is 110 Å². The number of nitro groups is 1. The van der Waals surface area contributed by atoms with Gasteiger partial charge in [-0.25, -0.2) is 9.79 Å². The number of carbonyl (C=O) groups excluding carboxylic acids is 1. The van der Waals surface area contributed by atoms with Gasteiger partial charge in [-0.15, -0.1) is 0 Å². The van der Waals surface area contributed by atoms with Crippen LogP contribution in [0.2, 0.25) is 0 Å². The maximum atomic E-state index is 12.1. The Kier molecular flexibility index (Phi) is 5.90. The Morgan fingerprint density at radius 1 is 1.06 bits per heavy atom. The molecule has 0 unspecified atom stereocenters. The van der Waals surface area contributed by atoms with E-state index >= 15 is 0 Å². The lowest BCUT2D eigenvalue weighted by atomic mass is 10.2. The minimum atomic E-state index is -0.510. The number of aliphatic imine (C=N–C) groups is 1. The average molecular weight is 479 g/mol. The maximum absolute atomic E-state index is 12.1. The lowest BCUT2D eigenvalue weighted by Crippen LogP contribution is -2.05. The van der Waals surface area contributed by atoms with Gasteiger partial charge in [0.2, 0.25) is 5.90 Å². The Morgan fingerprint density at radius 3 is 2.52 bits per heavy atom. The van der Waals surface area contributed by atoms with E-state index in [9.17, 15) is 14.9 Å². The molecule has 0 amide bonds. The summed E-state index contributed by atoms with van der Waals surface area (Å²) >= 11 is 3.36. The summed E-state index contributed by atoms with van der Waals surface area (Å²) in [6.45, 7) is 0.204. The zero-order valence-corrected chi connectivity index (χ0v) is 17.6. The van der Waals surface area contributed by atoms with E-state index in [0.29, 0.717) is 16.9 Å². The van der Waals surface area contributed by atoms with Gasteiger partial charge in [0, 0.05) is 22.2 Å². The zero-order valence-electron chi connectivity index (χ0n) is 16.0. The minimum absolute atomic E-state index is 0.0228. The van der Waals surface area contributed by atoms with Gasteiger partial charge in [0.1, 0.15) is 12.4 Å². The third-order valence-corrected chi connectivity index (χ3v) is 4.95. The molecule has 0 aliphatic carbocycles. The van der Waals surface area contributed by atoms with E-state index in [4.69, 9.17) is 9.47 Å².